The summed E-state index contributed by atoms with van der Waals surface area (Å²) in [5.41, 5.74) is 3.78. The lowest BCUT2D eigenvalue weighted by atomic mass is 9.84. The summed E-state index contributed by atoms with van der Waals surface area (Å²) in [5, 5.41) is 10.1. The van der Waals surface area contributed by atoms with Crippen LogP contribution in [0.25, 0.3) is 0 Å². The number of halogens is 1. The van der Waals surface area contributed by atoms with Crippen LogP contribution in [0.2, 0.25) is 0 Å². The van der Waals surface area contributed by atoms with Crippen molar-refractivity contribution in [3.05, 3.63) is 108 Å². The van der Waals surface area contributed by atoms with Gasteiger partial charge < -0.3 is 9.84 Å². The van der Waals surface area contributed by atoms with Crippen LogP contribution in [0.1, 0.15) is 37.0 Å². The van der Waals surface area contributed by atoms with E-state index < -0.39 is 10.6 Å². The first-order valence-corrected chi connectivity index (χ1v) is 12.0. The Balaban J connectivity index is 1.88. The van der Waals surface area contributed by atoms with Gasteiger partial charge in [-0.05, 0) is 42.7 Å². The highest BCUT2D eigenvalue weighted by Gasteiger charge is 2.36. The van der Waals surface area contributed by atoms with E-state index in [1.165, 1.54) is 16.7 Å². The van der Waals surface area contributed by atoms with Gasteiger partial charge in [0.25, 0.3) is 0 Å². The van der Waals surface area contributed by atoms with Gasteiger partial charge in [0.05, 0.1) is 15.7 Å². The summed E-state index contributed by atoms with van der Waals surface area (Å²) >= 11 is 5.37. The van der Waals surface area contributed by atoms with Gasteiger partial charge in [0.2, 0.25) is 0 Å². The maximum Gasteiger partial charge on any atom is 0.169 e. The zero-order chi connectivity index (χ0) is 21.5. The molecule has 0 saturated heterocycles. The van der Waals surface area contributed by atoms with Crippen LogP contribution in [-0.2, 0) is 9.48 Å². The molecule has 3 aromatic rings. The summed E-state index contributed by atoms with van der Waals surface area (Å²) in [5.74, 6) is 0.897. The number of aliphatic hydroxyl groups excluding tert-OH is 1. The van der Waals surface area contributed by atoms with Crippen molar-refractivity contribution in [2.24, 2.45) is 0 Å². The van der Waals surface area contributed by atoms with Gasteiger partial charge in [-0.15, -0.1) is 11.8 Å². The van der Waals surface area contributed by atoms with E-state index in [9.17, 15) is 5.11 Å². The molecule has 0 aliphatic heterocycles. The van der Waals surface area contributed by atoms with Crippen molar-refractivity contribution >= 4 is 27.7 Å². The Morgan fingerprint density at radius 1 is 0.800 bits per heavy atom. The van der Waals surface area contributed by atoms with E-state index in [1.807, 2.05) is 25.6 Å². The Hall–Kier alpha value is -1.59. The van der Waals surface area contributed by atoms with Gasteiger partial charge >= 0.3 is 0 Å². The third kappa shape index (κ3) is 5.55. The zero-order valence-electron chi connectivity index (χ0n) is 17.5. The minimum absolute atomic E-state index is 0.308. The normalized spacial score (nSPS) is 13.2. The van der Waals surface area contributed by atoms with Crippen LogP contribution in [0.5, 0.6) is 0 Å². The highest BCUT2D eigenvalue weighted by atomic mass is 79.9. The number of benzene rings is 3. The molecule has 0 aromatic heterocycles. The molecular weight excluding hydrogens is 456 g/mol. The van der Waals surface area contributed by atoms with E-state index in [4.69, 9.17) is 4.74 Å². The number of hydrogen-bond donors (Lipinski definition) is 1. The molecular formula is C26H29BrO2S. The molecule has 0 saturated carbocycles. The molecule has 0 bridgehead atoms. The molecule has 0 aliphatic rings. The molecule has 158 valence electrons. The second-order valence-electron chi connectivity index (χ2n) is 7.77. The molecule has 1 atom stereocenters. The summed E-state index contributed by atoms with van der Waals surface area (Å²) in [4.78, 5) is 0. The average Bonchev–Trinajstić information content (AvgIpc) is 2.77. The highest BCUT2D eigenvalue weighted by molar-refractivity contribution is 9.10. The molecule has 2 nitrogen and oxygen atoms in total. The molecule has 0 spiro atoms. The predicted octanol–water partition coefficient (Wildman–Crippen LogP) is 6.61. The Bertz CT molecular complexity index is 783. The first-order chi connectivity index (χ1) is 14.4. The van der Waals surface area contributed by atoms with Gasteiger partial charge in [-0.1, -0.05) is 107 Å². The first-order valence-electron chi connectivity index (χ1n) is 10.2. The number of aliphatic hydroxyl groups is 1. The first kappa shape index (κ1) is 23.1. The van der Waals surface area contributed by atoms with E-state index in [0.29, 0.717) is 6.61 Å². The summed E-state index contributed by atoms with van der Waals surface area (Å²) in [6, 6.07) is 32.1. The van der Waals surface area contributed by atoms with Crippen molar-refractivity contribution in [2.45, 2.75) is 35.6 Å². The zero-order valence-corrected chi connectivity index (χ0v) is 19.9. The summed E-state index contributed by atoms with van der Waals surface area (Å²) < 4.78 is 4.87. The second kappa shape index (κ2) is 10.6. The van der Waals surface area contributed by atoms with E-state index in [1.54, 1.807) is 0 Å². The highest BCUT2D eigenvalue weighted by Crippen LogP contribution is 2.48. The van der Waals surface area contributed by atoms with Crippen molar-refractivity contribution in [3.8, 4) is 0 Å². The lowest BCUT2D eigenvalue weighted by Crippen LogP contribution is -2.32. The third-order valence-electron chi connectivity index (χ3n) is 5.01. The largest absolute Gasteiger partial charge is 0.367 e. The number of hydrogen-bond acceptors (Lipinski definition) is 3. The molecule has 0 amide bonds. The minimum atomic E-state index is -0.829. The van der Waals surface area contributed by atoms with E-state index in [-0.39, 0.29) is 4.75 Å². The SMILES string of the molecule is CC(C)(Br)C(O)OCCCSC(c1ccccc1)(c1ccccc1)c1ccccc1. The Morgan fingerprint density at radius 2 is 1.20 bits per heavy atom. The maximum atomic E-state index is 10.1. The molecule has 30 heavy (non-hydrogen) atoms. The van der Waals surface area contributed by atoms with Gasteiger partial charge in [-0.25, -0.2) is 0 Å². The van der Waals surface area contributed by atoms with Gasteiger partial charge in [0, 0.05) is 0 Å². The number of alkyl halides is 1. The van der Waals surface area contributed by atoms with Crippen molar-refractivity contribution in [3.63, 3.8) is 0 Å². The fourth-order valence-electron chi connectivity index (χ4n) is 3.45. The van der Waals surface area contributed by atoms with Crippen molar-refractivity contribution in [2.75, 3.05) is 12.4 Å². The second-order valence-corrected chi connectivity index (χ2v) is 11.1. The molecule has 3 aromatic carbocycles. The Kier molecular flexibility index (Phi) is 8.18. The lowest BCUT2D eigenvalue weighted by Gasteiger charge is -2.35. The van der Waals surface area contributed by atoms with Crippen LogP contribution < -0.4 is 0 Å². The monoisotopic (exact) mass is 484 g/mol. The van der Waals surface area contributed by atoms with Crippen molar-refractivity contribution in [1.82, 2.24) is 0 Å². The number of ether oxygens (including phenoxy) is 1. The van der Waals surface area contributed by atoms with Crippen LogP contribution in [0.4, 0.5) is 0 Å². The molecule has 3 rings (SSSR count). The third-order valence-corrected chi connectivity index (χ3v) is 7.04. The summed E-state index contributed by atoms with van der Waals surface area (Å²) in [6.45, 7) is 4.31. The quantitative estimate of drug-likeness (QED) is 0.152. The molecule has 4 heteroatoms. The van der Waals surface area contributed by atoms with E-state index >= 15 is 0 Å². The molecule has 1 N–H and O–H groups in total. The van der Waals surface area contributed by atoms with Gasteiger partial charge in [0.15, 0.2) is 6.29 Å². The number of thioether (sulfide) groups is 1. The average molecular weight is 485 g/mol. The van der Waals surface area contributed by atoms with Crippen molar-refractivity contribution in [1.29, 1.82) is 0 Å². The van der Waals surface area contributed by atoms with Crippen LogP contribution in [-0.4, -0.2) is 28.1 Å². The summed E-state index contributed by atoms with van der Waals surface area (Å²) in [7, 11) is 0. The molecule has 0 radical (unpaired) electrons. The van der Waals surface area contributed by atoms with Gasteiger partial charge in [0.1, 0.15) is 0 Å². The predicted molar refractivity (Wildman–Crippen MR) is 131 cm³/mol. The Morgan fingerprint density at radius 3 is 1.57 bits per heavy atom. The molecule has 0 aliphatic carbocycles. The van der Waals surface area contributed by atoms with Gasteiger partial charge in [-0.3, -0.25) is 0 Å². The van der Waals surface area contributed by atoms with Gasteiger partial charge in [-0.2, -0.15) is 0 Å². The van der Waals surface area contributed by atoms with E-state index in [0.717, 1.165) is 12.2 Å². The number of rotatable bonds is 10. The van der Waals surface area contributed by atoms with Crippen molar-refractivity contribution < 1.29 is 9.84 Å². The summed E-state index contributed by atoms with van der Waals surface area (Å²) in [6.07, 6.45) is 0.0172. The lowest BCUT2D eigenvalue weighted by molar-refractivity contribution is -0.113. The molecule has 0 heterocycles. The molecule has 1 unspecified atom stereocenters. The maximum absolute atomic E-state index is 10.1. The smallest absolute Gasteiger partial charge is 0.169 e. The Labute approximate surface area is 192 Å². The fourth-order valence-corrected chi connectivity index (χ4v) is 5.05. The van der Waals surface area contributed by atoms with Crippen LogP contribution in [0, 0.1) is 0 Å². The van der Waals surface area contributed by atoms with Crippen LogP contribution >= 0.6 is 27.7 Å². The topological polar surface area (TPSA) is 29.5 Å². The fraction of sp³-hybridized carbons (Fsp3) is 0.308. The molecule has 0 fully saturated rings. The standard InChI is InChI=1S/C26H29BrO2S/c1-25(2,27)24(28)29-19-12-20-30-26(21-13-6-3-7-14-21,22-15-8-4-9-16-22)23-17-10-5-11-18-23/h3-11,13-18,24,28H,12,19-20H2,1-2H3. The minimum Gasteiger partial charge on any atom is -0.367 e. The van der Waals surface area contributed by atoms with Crippen LogP contribution in [0.3, 0.4) is 0 Å². The van der Waals surface area contributed by atoms with E-state index in [2.05, 4.69) is 107 Å². The van der Waals surface area contributed by atoms with Crippen LogP contribution in [0.15, 0.2) is 91.0 Å².